The van der Waals surface area contributed by atoms with Crippen molar-refractivity contribution < 1.29 is 46.0 Å². The van der Waals surface area contributed by atoms with E-state index in [9.17, 15) is 0 Å². The summed E-state index contributed by atoms with van der Waals surface area (Å²) in [6.07, 6.45) is 32.6. The molecule has 1 heterocycles. The molecule has 2 heteroatoms. The Hall–Kier alpha value is 1.32. The summed E-state index contributed by atoms with van der Waals surface area (Å²) in [6, 6.07) is 0. The van der Waals surface area contributed by atoms with Crippen LogP contribution in [0.15, 0.2) is 0 Å². The van der Waals surface area contributed by atoms with Crippen molar-refractivity contribution in [1.82, 2.24) is 0 Å². The molecule has 108 valence electrons. The van der Waals surface area contributed by atoms with Gasteiger partial charge in [0.05, 0.1) is 0 Å². The normalized spacial score (nSPS) is 22.9. The van der Waals surface area contributed by atoms with E-state index in [1.54, 1.807) is 0 Å². The van der Waals surface area contributed by atoms with Crippen LogP contribution < -0.4 is 0 Å². The maximum absolute atomic E-state index is 4.94. The topological polar surface area (TPSA) is 9.23 Å². The number of ether oxygens (including phenoxy) is 1. The molecule has 4 rings (SSSR count). The summed E-state index contributed by atoms with van der Waals surface area (Å²) < 4.78 is 4.94. The predicted octanol–water partition coefficient (Wildman–Crippen LogP) is 3.86. The minimum atomic E-state index is 0. The average Bonchev–Trinajstić information content (AvgIpc) is 3.40. The Bertz CT molecular complexity index is 98.0. The van der Waals surface area contributed by atoms with Crippen LogP contribution in [0.2, 0.25) is 0 Å². The molecule has 1 aliphatic heterocycles. The Morgan fingerprint density at radius 2 is 0.571 bits per heavy atom. The third kappa shape index (κ3) is 17.5. The molecule has 0 unspecified atom stereocenters. The first-order chi connectivity index (χ1) is 10.0. The third-order valence-electron chi connectivity index (χ3n) is 2.49. The molecule has 16 radical (unpaired) electrons. The fourth-order valence-corrected chi connectivity index (χ4v) is 1.47. The van der Waals surface area contributed by atoms with Gasteiger partial charge in [-0.2, -0.15) is 0 Å². The fourth-order valence-electron chi connectivity index (χ4n) is 1.47. The van der Waals surface area contributed by atoms with Crippen molar-refractivity contribution in [3.05, 3.63) is 96.3 Å². The van der Waals surface area contributed by atoms with Crippen molar-refractivity contribution in [2.75, 3.05) is 13.2 Å². The van der Waals surface area contributed by atoms with E-state index in [0.29, 0.717) is 0 Å². The fraction of sp³-hybridized carbons (Fsp3) is 0.211. The van der Waals surface area contributed by atoms with Crippen LogP contribution in [-0.2, 0) is 4.74 Å². The Morgan fingerprint density at radius 1 is 0.381 bits per heavy atom. The van der Waals surface area contributed by atoms with Gasteiger partial charge >= 0.3 is 0 Å². The van der Waals surface area contributed by atoms with E-state index in [1.807, 2.05) is 96.3 Å². The van der Waals surface area contributed by atoms with Gasteiger partial charge in [-0.15, -0.1) is 0 Å². The van der Waals surface area contributed by atoms with Crippen LogP contribution in [0.5, 0.6) is 0 Å². The van der Waals surface area contributed by atoms with Crippen molar-refractivity contribution >= 4 is 0 Å². The van der Waals surface area contributed by atoms with E-state index in [1.165, 1.54) is 12.8 Å². The van der Waals surface area contributed by atoms with E-state index < -0.39 is 0 Å². The van der Waals surface area contributed by atoms with Crippen molar-refractivity contribution in [3.63, 3.8) is 0 Å². The van der Waals surface area contributed by atoms with E-state index in [4.69, 9.17) is 4.74 Å². The summed E-state index contributed by atoms with van der Waals surface area (Å²) in [5.74, 6) is 0. The maximum Gasteiger partial charge on any atom is 0.0466 e. The molecule has 4 aliphatic rings. The van der Waals surface area contributed by atoms with Gasteiger partial charge in [-0.25, -0.2) is 0 Å². The number of hydrogen-bond donors (Lipinski definition) is 0. The molecule has 1 nitrogen and oxygen atoms in total. The Labute approximate surface area is 167 Å². The first-order valence-electron chi connectivity index (χ1n) is 7.08. The maximum atomic E-state index is 4.94. The molecule has 0 atom stereocenters. The van der Waals surface area contributed by atoms with Crippen LogP contribution >= 0.6 is 0 Å². The first kappa shape index (κ1) is 22.3. The largest absolute Gasteiger partial charge is 0.381 e. The molecule has 0 aromatic carbocycles. The summed E-state index contributed by atoms with van der Waals surface area (Å²) in [5.41, 5.74) is 0. The van der Waals surface area contributed by atoms with Gasteiger partial charge in [0.25, 0.3) is 0 Å². The smallest absolute Gasteiger partial charge is 0.0466 e. The molecule has 1 saturated heterocycles. The Morgan fingerprint density at radius 3 is 0.667 bits per heavy atom. The first-order valence-corrected chi connectivity index (χ1v) is 7.08. The molecule has 3 aliphatic carbocycles. The van der Waals surface area contributed by atoms with Gasteiger partial charge in [0.2, 0.25) is 0 Å². The molecule has 0 aromatic rings. The van der Waals surface area contributed by atoms with Crippen LogP contribution in [0.25, 0.3) is 0 Å². The second kappa shape index (κ2) is 19.4. The average molecular weight is 408 g/mol. The molecule has 0 bridgehead atoms. The monoisotopic (exact) mass is 408 g/mol. The minimum Gasteiger partial charge on any atom is -0.381 e. The number of rotatable bonds is 0. The SMILES string of the molecule is C1CCOC1.[CH]1[CH][CH][CH][CH]1.[CH]1[CH][CH][CH][CH]1.[CH]1[CH][CH][CH][CH]1.[Pr]. The second-order valence-corrected chi connectivity index (χ2v) is 4.21. The van der Waals surface area contributed by atoms with E-state index >= 15 is 0 Å². The van der Waals surface area contributed by atoms with Gasteiger partial charge in [-0.3, -0.25) is 0 Å². The summed E-state index contributed by atoms with van der Waals surface area (Å²) >= 11 is 0. The van der Waals surface area contributed by atoms with Crippen LogP contribution in [0.4, 0.5) is 0 Å². The predicted molar refractivity (Wildman–Crippen MR) is 84.6 cm³/mol. The van der Waals surface area contributed by atoms with Crippen molar-refractivity contribution in [2.45, 2.75) is 12.8 Å². The molecule has 0 spiro atoms. The van der Waals surface area contributed by atoms with Crippen molar-refractivity contribution in [3.8, 4) is 0 Å². The molecule has 0 amide bonds. The van der Waals surface area contributed by atoms with Gasteiger partial charge in [0.15, 0.2) is 0 Å². The minimum absolute atomic E-state index is 0. The van der Waals surface area contributed by atoms with Crippen molar-refractivity contribution in [1.29, 1.82) is 0 Å². The van der Waals surface area contributed by atoms with Gasteiger partial charge in [0.1, 0.15) is 0 Å². The quantitative estimate of drug-likeness (QED) is 0.592. The Kier molecular flexibility index (Phi) is 20.6. The zero-order chi connectivity index (χ0) is 14.1. The summed E-state index contributed by atoms with van der Waals surface area (Å²) in [5, 5.41) is 0. The molecule has 3 saturated carbocycles. The molecule has 0 aromatic heterocycles. The van der Waals surface area contributed by atoms with E-state index in [-0.39, 0.29) is 41.3 Å². The van der Waals surface area contributed by atoms with E-state index in [0.717, 1.165) is 13.2 Å². The third-order valence-corrected chi connectivity index (χ3v) is 2.49. The molecular formula is C19H23OPr. The van der Waals surface area contributed by atoms with Crippen LogP contribution in [-0.4, -0.2) is 13.2 Å². The van der Waals surface area contributed by atoms with Gasteiger partial charge in [-0.05, 0) is 109 Å². The molecule has 0 N–H and O–H groups in total. The number of hydrogen-bond acceptors (Lipinski definition) is 1. The standard InChI is InChI=1S/3C5H5.C4H8O.Pr/c4*1-2-4-5-3-1;/h3*1-5H;1-4H2;. The molecule has 4 fully saturated rings. The molecular weight excluding hydrogens is 385 g/mol. The summed E-state index contributed by atoms with van der Waals surface area (Å²) in [6.45, 7) is 2.00. The zero-order valence-electron chi connectivity index (χ0n) is 12.5. The van der Waals surface area contributed by atoms with Crippen LogP contribution in [0.1, 0.15) is 12.8 Å². The van der Waals surface area contributed by atoms with Gasteiger partial charge in [0, 0.05) is 54.5 Å². The zero-order valence-corrected chi connectivity index (χ0v) is 16.2. The van der Waals surface area contributed by atoms with E-state index in [2.05, 4.69) is 0 Å². The van der Waals surface area contributed by atoms with Crippen LogP contribution in [0, 0.1) is 138 Å². The molecule has 21 heavy (non-hydrogen) atoms. The van der Waals surface area contributed by atoms with Gasteiger partial charge < -0.3 is 4.74 Å². The van der Waals surface area contributed by atoms with Crippen LogP contribution in [0.3, 0.4) is 0 Å². The van der Waals surface area contributed by atoms with Gasteiger partial charge in [-0.1, -0.05) is 0 Å². The van der Waals surface area contributed by atoms with Crippen molar-refractivity contribution in [2.24, 2.45) is 0 Å². The summed E-state index contributed by atoms with van der Waals surface area (Å²) in [7, 11) is 0. The second-order valence-electron chi connectivity index (χ2n) is 4.21. The Balaban J connectivity index is 0.000000250. The summed E-state index contributed by atoms with van der Waals surface area (Å²) in [4.78, 5) is 0.